The fourth-order valence-electron chi connectivity index (χ4n) is 3.13. The molecule has 1 saturated heterocycles. The number of rotatable bonds is 3. The van der Waals surface area contributed by atoms with Crippen LogP contribution in [0.1, 0.15) is 42.5 Å². The molecule has 0 saturated carbocycles. The van der Waals surface area contributed by atoms with Gasteiger partial charge in [0.05, 0.1) is 0 Å². The van der Waals surface area contributed by atoms with Gasteiger partial charge in [0.2, 0.25) is 0 Å². The van der Waals surface area contributed by atoms with Crippen molar-refractivity contribution in [1.29, 1.82) is 0 Å². The summed E-state index contributed by atoms with van der Waals surface area (Å²) in [5.74, 6) is 0.687. The number of benzene rings is 1. The zero-order chi connectivity index (χ0) is 13.1. The molecule has 1 aromatic rings. The Bertz CT molecular complexity index is 400. The first-order chi connectivity index (χ1) is 8.61. The third kappa shape index (κ3) is 2.93. The average molecular weight is 246 g/mol. The largest absolute Gasteiger partial charge is 0.330 e. The maximum absolute atomic E-state index is 5.83. The van der Waals surface area contributed by atoms with E-state index < -0.39 is 0 Å². The summed E-state index contributed by atoms with van der Waals surface area (Å²) in [5, 5.41) is 0. The Morgan fingerprint density at radius 3 is 2.83 bits per heavy atom. The van der Waals surface area contributed by atoms with Crippen LogP contribution in [0.3, 0.4) is 0 Å². The first-order valence-electron chi connectivity index (χ1n) is 7.13. The molecule has 0 bridgehead atoms. The van der Waals surface area contributed by atoms with Crippen molar-refractivity contribution in [3.8, 4) is 0 Å². The van der Waals surface area contributed by atoms with Gasteiger partial charge in [0.15, 0.2) is 0 Å². The van der Waals surface area contributed by atoms with Crippen molar-refractivity contribution in [3.63, 3.8) is 0 Å². The van der Waals surface area contributed by atoms with Gasteiger partial charge < -0.3 is 5.73 Å². The lowest BCUT2D eigenvalue weighted by molar-refractivity contribution is 0.134. The molecule has 0 aliphatic carbocycles. The smallest absolute Gasteiger partial charge is 0.0322 e. The summed E-state index contributed by atoms with van der Waals surface area (Å²) in [6.07, 6.45) is 2.59. The minimum absolute atomic E-state index is 0.514. The lowest BCUT2D eigenvalue weighted by atomic mass is 9.93. The van der Waals surface area contributed by atoms with Gasteiger partial charge in [-0.2, -0.15) is 0 Å². The Balaban J connectivity index is 2.12. The molecule has 2 N–H and O–H groups in total. The van der Waals surface area contributed by atoms with E-state index in [1.165, 1.54) is 36.1 Å². The third-order valence-electron chi connectivity index (χ3n) is 4.31. The maximum Gasteiger partial charge on any atom is 0.0322 e. The second-order valence-corrected chi connectivity index (χ2v) is 5.77. The first-order valence-corrected chi connectivity index (χ1v) is 7.13. The number of nitrogens with two attached hydrogens (primary N) is 1. The van der Waals surface area contributed by atoms with Gasteiger partial charge >= 0.3 is 0 Å². The third-order valence-corrected chi connectivity index (χ3v) is 4.31. The predicted octanol–water partition coefficient (Wildman–Crippen LogP) is 3.04. The highest BCUT2D eigenvalue weighted by molar-refractivity contribution is 5.32. The molecule has 2 rings (SSSR count). The molecular formula is C16H26N2. The molecule has 18 heavy (non-hydrogen) atoms. The van der Waals surface area contributed by atoms with Crippen LogP contribution in [0, 0.1) is 19.8 Å². The molecule has 100 valence electrons. The second kappa shape index (κ2) is 5.85. The molecule has 2 nitrogen and oxygen atoms in total. The second-order valence-electron chi connectivity index (χ2n) is 5.77. The summed E-state index contributed by atoms with van der Waals surface area (Å²) >= 11 is 0. The number of piperidine rings is 1. The number of hydrogen-bond donors (Lipinski definition) is 1. The summed E-state index contributed by atoms with van der Waals surface area (Å²) in [6.45, 7) is 9.92. The Kier molecular flexibility index (Phi) is 4.41. The molecule has 0 amide bonds. The number of aryl methyl sites for hydroxylation is 2. The van der Waals surface area contributed by atoms with Gasteiger partial charge in [-0.1, -0.05) is 23.8 Å². The summed E-state index contributed by atoms with van der Waals surface area (Å²) < 4.78 is 0. The zero-order valence-electron chi connectivity index (χ0n) is 11.9. The molecule has 0 spiro atoms. The number of likely N-dealkylation sites (tertiary alicyclic amines) is 1. The van der Waals surface area contributed by atoms with Gasteiger partial charge in [0.25, 0.3) is 0 Å². The van der Waals surface area contributed by atoms with Crippen LogP contribution < -0.4 is 5.73 Å². The Labute approximate surface area is 111 Å². The highest BCUT2D eigenvalue weighted by atomic mass is 15.2. The van der Waals surface area contributed by atoms with Crippen molar-refractivity contribution >= 4 is 0 Å². The molecule has 1 fully saturated rings. The quantitative estimate of drug-likeness (QED) is 0.888. The van der Waals surface area contributed by atoms with Crippen LogP contribution in [0.25, 0.3) is 0 Å². The first kappa shape index (κ1) is 13.6. The van der Waals surface area contributed by atoms with Gasteiger partial charge in [-0.25, -0.2) is 0 Å². The van der Waals surface area contributed by atoms with Crippen LogP contribution in [0.2, 0.25) is 0 Å². The molecular weight excluding hydrogens is 220 g/mol. The van der Waals surface area contributed by atoms with E-state index >= 15 is 0 Å². The van der Waals surface area contributed by atoms with E-state index in [1.54, 1.807) is 0 Å². The van der Waals surface area contributed by atoms with Crippen molar-refractivity contribution in [1.82, 2.24) is 4.90 Å². The van der Waals surface area contributed by atoms with Crippen LogP contribution in [-0.4, -0.2) is 24.5 Å². The molecule has 1 aliphatic rings. The van der Waals surface area contributed by atoms with Crippen molar-refractivity contribution in [2.75, 3.05) is 19.6 Å². The molecule has 1 aliphatic heterocycles. The Morgan fingerprint density at radius 1 is 1.39 bits per heavy atom. The van der Waals surface area contributed by atoms with Crippen molar-refractivity contribution in [2.24, 2.45) is 11.7 Å². The number of nitrogens with zero attached hydrogens (tertiary/aromatic N) is 1. The van der Waals surface area contributed by atoms with Crippen LogP contribution in [0.5, 0.6) is 0 Å². The number of hydrogen-bond acceptors (Lipinski definition) is 2. The van der Waals surface area contributed by atoms with Crippen molar-refractivity contribution in [2.45, 2.75) is 39.7 Å². The monoisotopic (exact) mass is 246 g/mol. The average Bonchev–Trinajstić information content (AvgIpc) is 2.38. The van der Waals surface area contributed by atoms with E-state index in [0.29, 0.717) is 12.0 Å². The van der Waals surface area contributed by atoms with E-state index in [9.17, 15) is 0 Å². The van der Waals surface area contributed by atoms with Crippen LogP contribution in [0.4, 0.5) is 0 Å². The Morgan fingerprint density at radius 2 is 2.17 bits per heavy atom. The minimum atomic E-state index is 0.514. The summed E-state index contributed by atoms with van der Waals surface area (Å²) in [5.41, 5.74) is 10.1. The highest BCUT2D eigenvalue weighted by Crippen LogP contribution is 2.28. The summed E-state index contributed by atoms with van der Waals surface area (Å²) in [7, 11) is 0. The molecule has 0 radical (unpaired) electrons. The fraction of sp³-hybridized carbons (Fsp3) is 0.625. The normalized spacial score (nSPS) is 23.0. The van der Waals surface area contributed by atoms with Gasteiger partial charge in [-0.05, 0) is 63.7 Å². The predicted molar refractivity (Wildman–Crippen MR) is 77.7 cm³/mol. The molecule has 0 aromatic heterocycles. The standard InChI is InChI=1S/C16H26N2/c1-12-6-7-16(13(2)9-12)14(3)18-8-4-5-15(10-17)11-18/h6-7,9,14-15H,4-5,8,10-11,17H2,1-3H3. The van der Waals surface area contributed by atoms with Gasteiger partial charge in [-0.15, -0.1) is 0 Å². The molecule has 1 heterocycles. The van der Waals surface area contributed by atoms with Crippen LogP contribution >= 0.6 is 0 Å². The Hall–Kier alpha value is -0.860. The van der Waals surface area contributed by atoms with Crippen molar-refractivity contribution < 1.29 is 0 Å². The van der Waals surface area contributed by atoms with E-state index in [-0.39, 0.29) is 0 Å². The van der Waals surface area contributed by atoms with Crippen LogP contribution in [0.15, 0.2) is 18.2 Å². The summed E-state index contributed by atoms with van der Waals surface area (Å²) in [4.78, 5) is 2.60. The van der Waals surface area contributed by atoms with E-state index in [2.05, 4.69) is 43.9 Å². The van der Waals surface area contributed by atoms with Gasteiger partial charge in [0, 0.05) is 12.6 Å². The molecule has 2 atom stereocenters. The maximum atomic E-state index is 5.83. The zero-order valence-corrected chi connectivity index (χ0v) is 11.9. The van der Waals surface area contributed by atoms with E-state index in [0.717, 1.165) is 13.1 Å². The molecule has 1 aromatic carbocycles. The molecule has 2 heteroatoms. The van der Waals surface area contributed by atoms with E-state index in [1.807, 2.05) is 0 Å². The SMILES string of the molecule is Cc1ccc(C(C)N2CCCC(CN)C2)c(C)c1. The van der Waals surface area contributed by atoms with Gasteiger partial charge in [-0.3, -0.25) is 4.90 Å². The minimum Gasteiger partial charge on any atom is -0.330 e. The lowest BCUT2D eigenvalue weighted by Gasteiger charge is -2.37. The fourth-order valence-corrected chi connectivity index (χ4v) is 3.13. The van der Waals surface area contributed by atoms with Gasteiger partial charge in [0.1, 0.15) is 0 Å². The lowest BCUT2D eigenvalue weighted by Crippen LogP contribution is -2.39. The van der Waals surface area contributed by atoms with E-state index in [4.69, 9.17) is 5.73 Å². The summed E-state index contributed by atoms with van der Waals surface area (Å²) in [6, 6.07) is 7.32. The highest BCUT2D eigenvalue weighted by Gasteiger charge is 2.24. The molecule has 2 unspecified atom stereocenters. The topological polar surface area (TPSA) is 29.3 Å². The van der Waals surface area contributed by atoms with Crippen molar-refractivity contribution in [3.05, 3.63) is 34.9 Å². The van der Waals surface area contributed by atoms with Crippen LogP contribution in [-0.2, 0) is 0 Å².